The lowest BCUT2D eigenvalue weighted by Crippen LogP contribution is -2.70. The molecule has 11 heteroatoms. The van der Waals surface area contributed by atoms with Gasteiger partial charge in [0.1, 0.15) is 30.3 Å². The highest BCUT2D eigenvalue weighted by Gasteiger charge is 2.54. The van der Waals surface area contributed by atoms with Crippen LogP contribution in [0.2, 0.25) is 0 Å². The third kappa shape index (κ3) is 5.00. The summed E-state index contributed by atoms with van der Waals surface area (Å²) in [5.41, 5.74) is 0.876. The van der Waals surface area contributed by atoms with Gasteiger partial charge in [-0.2, -0.15) is 0 Å². The number of β-lactam (4-membered cyclic amide) rings is 1. The van der Waals surface area contributed by atoms with Gasteiger partial charge in [-0.05, 0) is 13.8 Å². The summed E-state index contributed by atoms with van der Waals surface area (Å²) in [4.78, 5) is 53.0. The maximum Gasteiger partial charge on any atom is 0.352 e. The second kappa shape index (κ2) is 8.89. The molecule has 148 valence electrons. The molecule has 0 aromatic rings. The number of rotatable bonds is 8. The topological polar surface area (TPSA) is 135 Å². The first kappa shape index (κ1) is 20.7. The standard InChI is InChI=1S/C16H21N3O7S/c1-8(2)18-26-5-4-11(21)17-12-14(22)19-13(16(23)24)10(6-25-9(3)20)7-27-15(12)19/h12,15H,4-7H2,1-3H3,(H,17,21)(H,23,24). The van der Waals surface area contributed by atoms with Crippen molar-refractivity contribution in [1.82, 2.24) is 10.2 Å². The molecule has 0 bridgehead atoms. The minimum Gasteiger partial charge on any atom is -0.477 e. The van der Waals surface area contributed by atoms with Crippen LogP contribution >= 0.6 is 11.8 Å². The Morgan fingerprint density at radius 2 is 2.04 bits per heavy atom. The number of oxime groups is 1. The highest BCUT2D eigenvalue weighted by atomic mass is 32.2. The predicted molar refractivity (Wildman–Crippen MR) is 95.7 cm³/mol. The van der Waals surface area contributed by atoms with Crippen molar-refractivity contribution >= 4 is 41.2 Å². The summed E-state index contributed by atoms with van der Waals surface area (Å²) in [6.07, 6.45) is 0.0251. The first-order chi connectivity index (χ1) is 12.7. The number of carboxylic acid groups (broad SMARTS) is 1. The first-order valence-corrected chi connectivity index (χ1v) is 9.23. The summed E-state index contributed by atoms with van der Waals surface area (Å²) < 4.78 is 4.86. The van der Waals surface area contributed by atoms with Gasteiger partial charge in [0.05, 0.1) is 12.1 Å². The van der Waals surface area contributed by atoms with Gasteiger partial charge >= 0.3 is 11.9 Å². The lowest BCUT2D eigenvalue weighted by atomic mass is 10.0. The molecule has 2 rings (SSSR count). The van der Waals surface area contributed by atoms with E-state index in [1.165, 1.54) is 18.7 Å². The summed E-state index contributed by atoms with van der Waals surface area (Å²) in [6, 6.07) is -0.802. The molecule has 0 aromatic carbocycles. The Bertz CT molecular complexity index is 715. The number of thioether (sulfide) groups is 1. The minimum atomic E-state index is -1.28. The number of carbonyl (C=O) groups excluding carboxylic acids is 3. The Kier molecular flexibility index (Phi) is 6.83. The van der Waals surface area contributed by atoms with E-state index in [1.54, 1.807) is 13.8 Å². The predicted octanol–water partition coefficient (Wildman–Crippen LogP) is 0.0906. The molecule has 2 atom stereocenters. The average molecular weight is 399 g/mol. The van der Waals surface area contributed by atoms with E-state index >= 15 is 0 Å². The van der Waals surface area contributed by atoms with Crippen LogP contribution in [0.5, 0.6) is 0 Å². The number of carbonyl (C=O) groups is 4. The molecular weight excluding hydrogens is 378 g/mol. The van der Waals surface area contributed by atoms with E-state index in [0.29, 0.717) is 5.57 Å². The fraction of sp³-hybridized carbons (Fsp3) is 0.562. The van der Waals surface area contributed by atoms with Crippen molar-refractivity contribution in [3.63, 3.8) is 0 Å². The Labute approximate surface area is 159 Å². The Morgan fingerprint density at radius 3 is 2.63 bits per heavy atom. The molecule has 2 aliphatic rings. The number of esters is 1. The van der Waals surface area contributed by atoms with Gasteiger partial charge in [-0.3, -0.25) is 19.3 Å². The third-order valence-corrected chi connectivity index (χ3v) is 5.02. The highest BCUT2D eigenvalue weighted by molar-refractivity contribution is 8.00. The van der Waals surface area contributed by atoms with Gasteiger partial charge in [0.25, 0.3) is 5.91 Å². The third-order valence-electron chi connectivity index (χ3n) is 3.68. The number of amides is 2. The molecule has 2 amide bonds. The number of carboxylic acids is 1. The zero-order valence-corrected chi connectivity index (χ0v) is 16.0. The van der Waals surface area contributed by atoms with Gasteiger partial charge in [-0.15, -0.1) is 11.8 Å². The van der Waals surface area contributed by atoms with Crippen LogP contribution in [0.15, 0.2) is 16.4 Å². The minimum absolute atomic E-state index is 0.0251. The van der Waals surface area contributed by atoms with Gasteiger partial charge in [-0.25, -0.2) is 4.79 Å². The van der Waals surface area contributed by atoms with Crippen LogP contribution in [0.1, 0.15) is 27.2 Å². The van der Waals surface area contributed by atoms with Crippen LogP contribution in [0.3, 0.4) is 0 Å². The molecule has 2 unspecified atom stereocenters. The largest absolute Gasteiger partial charge is 0.477 e. The highest BCUT2D eigenvalue weighted by Crippen LogP contribution is 2.40. The van der Waals surface area contributed by atoms with Gasteiger partial charge in [-0.1, -0.05) is 5.16 Å². The molecule has 0 saturated carbocycles. The van der Waals surface area contributed by atoms with Crippen LogP contribution in [0.25, 0.3) is 0 Å². The first-order valence-electron chi connectivity index (χ1n) is 8.18. The van der Waals surface area contributed by atoms with E-state index < -0.39 is 29.3 Å². The number of hydrogen-bond donors (Lipinski definition) is 2. The van der Waals surface area contributed by atoms with Crippen molar-refractivity contribution in [2.75, 3.05) is 19.0 Å². The van der Waals surface area contributed by atoms with Gasteiger partial charge in [0.15, 0.2) is 0 Å². The molecule has 1 saturated heterocycles. The van der Waals surface area contributed by atoms with Crippen LogP contribution in [0.4, 0.5) is 0 Å². The Morgan fingerprint density at radius 1 is 1.33 bits per heavy atom. The molecule has 1 fully saturated rings. The van der Waals surface area contributed by atoms with E-state index in [-0.39, 0.29) is 37.0 Å². The van der Waals surface area contributed by atoms with Crippen molar-refractivity contribution in [2.45, 2.75) is 38.6 Å². The number of aliphatic carboxylic acids is 1. The maximum atomic E-state index is 12.4. The quantitative estimate of drug-likeness (QED) is 0.193. The smallest absolute Gasteiger partial charge is 0.352 e. The molecule has 0 spiro atoms. The summed E-state index contributed by atoms with van der Waals surface area (Å²) in [5, 5.41) is 15.2. The second-order valence-corrected chi connectivity index (χ2v) is 7.22. The summed E-state index contributed by atoms with van der Waals surface area (Å²) in [7, 11) is 0. The normalized spacial score (nSPS) is 21.0. The van der Waals surface area contributed by atoms with Gasteiger partial charge < -0.3 is 20.0 Å². The van der Waals surface area contributed by atoms with E-state index in [2.05, 4.69) is 10.5 Å². The molecule has 0 aliphatic carbocycles. The number of hydrogen-bond acceptors (Lipinski definition) is 8. The summed E-state index contributed by atoms with van der Waals surface area (Å²) >= 11 is 1.30. The maximum absolute atomic E-state index is 12.4. The van der Waals surface area contributed by atoms with Crippen molar-refractivity contribution in [2.24, 2.45) is 5.16 Å². The van der Waals surface area contributed by atoms with Crippen molar-refractivity contribution in [3.05, 3.63) is 11.3 Å². The zero-order valence-electron chi connectivity index (χ0n) is 15.2. The van der Waals surface area contributed by atoms with E-state index in [1.807, 2.05) is 0 Å². The van der Waals surface area contributed by atoms with E-state index in [4.69, 9.17) is 9.57 Å². The van der Waals surface area contributed by atoms with Crippen molar-refractivity contribution < 1.29 is 33.9 Å². The fourth-order valence-electron chi connectivity index (χ4n) is 2.54. The van der Waals surface area contributed by atoms with E-state index in [9.17, 15) is 24.3 Å². The average Bonchev–Trinajstić information content (AvgIpc) is 2.60. The molecule has 0 radical (unpaired) electrons. The molecule has 27 heavy (non-hydrogen) atoms. The lowest BCUT2D eigenvalue weighted by molar-refractivity contribution is -0.151. The van der Waals surface area contributed by atoms with Crippen LogP contribution < -0.4 is 5.32 Å². The zero-order chi connectivity index (χ0) is 20.1. The number of nitrogens with one attached hydrogen (secondary N) is 1. The molecular formula is C16H21N3O7S. The summed E-state index contributed by atoms with van der Waals surface area (Å²) in [5.74, 6) is -2.43. The summed E-state index contributed by atoms with van der Waals surface area (Å²) in [6.45, 7) is 4.62. The van der Waals surface area contributed by atoms with Crippen LogP contribution in [-0.2, 0) is 28.8 Å². The van der Waals surface area contributed by atoms with E-state index in [0.717, 1.165) is 10.6 Å². The molecule has 2 N–H and O–H groups in total. The van der Waals surface area contributed by atoms with Gasteiger partial charge in [0, 0.05) is 18.2 Å². The Balaban J connectivity index is 1.98. The number of ether oxygens (including phenoxy) is 1. The Hall–Kier alpha value is -2.56. The molecule has 2 aliphatic heterocycles. The van der Waals surface area contributed by atoms with Crippen LogP contribution in [-0.4, -0.2) is 69.9 Å². The number of fused-ring (bicyclic) bond motifs is 1. The lowest BCUT2D eigenvalue weighted by Gasteiger charge is -2.49. The van der Waals surface area contributed by atoms with Crippen LogP contribution in [0, 0.1) is 0 Å². The van der Waals surface area contributed by atoms with Gasteiger partial charge in [0.2, 0.25) is 5.91 Å². The van der Waals surface area contributed by atoms with Crippen molar-refractivity contribution in [1.29, 1.82) is 0 Å². The SMILES string of the molecule is CC(=O)OCC1=C(C(=O)O)N2C(=O)C(NC(=O)CCON=C(C)C)C2SC1. The molecule has 2 heterocycles. The number of nitrogens with zero attached hydrogens (tertiary/aromatic N) is 2. The van der Waals surface area contributed by atoms with Crippen molar-refractivity contribution in [3.8, 4) is 0 Å². The monoisotopic (exact) mass is 399 g/mol. The molecule has 10 nitrogen and oxygen atoms in total. The second-order valence-electron chi connectivity index (χ2n) is 6.11. The molecule has 0 aromatic heterocycles. The fourth-order valence-corrected chi connectivity index (χ4v) is 3.87.